The fourth-order valence-corrected chi connectivity index (χ4v) is 1.47. The molecule has 0 bridgehead atoms. The van der Waals surface area contributed by atoms with E-state index in [1.807, 2.05) is 0 Å². The average Bonchev–Trinajstić information content (AvgIpc) is 2.35. The van der Waals surface area contributed by atoms with Gasteiger partial charge < -0.3 is 10.5 Å². The lowest BCUT2D eigenvalue weighted by Crippen LogP contribution is -2.32. The fraction of sp³-hybridized carbons (Fsp3) is 1.00. The van der Waals surface area contributed by atoms with Gasteiger partial charge in [0.15, 0.2) is 0 Å². The molecule has 0 aromatic rings. The molecule has 1 unspecified atom stereocenters. The second-order valence-corrected chi connectivity index (χ2v) is 3.35. The minimum atomic E-state index is 0.334. The number of likely N-dealkylation sites (tertiary alicyclic amines) is 1. The van der Waals surface area contributed by atoms with Crippen LogP contribution < -0.4 is 5.73 Å². The Bertz CT molecular complexity index is 119. The second-order valence-electron chi connectivity index (χ2n) is 3.35. The predicted octanol–water partition coefficient (Wildman–Crippen LogP) is 0.0543. The van der Waals surface area contributed by atoms with Gasteiger partial charge in [-0.15, -0.1) is 0 Å². The Kier molecular flexibility index (Phi) is 3.30. The SMILES string of the molecule is COC(C)CN1CC[C@H](N)C1. The molecule has 0 aromatic carbocycles. The molecule has 1 aliphatic rings. The highest BCUT2D eigenvalue weighted by molar-refractivity contribution is 4.78. The Morgan fingerprint density at radius 3 is 2.91 bits per heavy atom. The average molecular weight is 158 g/mol. The molecule has 1 heterocycles. The molecule has 66 valence electrons. The zero-order valence-corrected chi connectivity index (χ0v) is 7.42. The summed E-state index contributed by atoms with van der Waals surface area (Å²) in [5, 5.41) is 0. The standard InChI is InChI=1S/C8H18N2O/c1-7(11-2)5-10-4-3-8(9)6-10/h7-8H,3-6,9H2,1-2H3/t7?,8-/m0/s1. The predicted molar refractivity (Wildman–Crippen MR) is 45.5 cm³/mol. The highest BCUT2D eigenvalue weighted by Gasteiger charge is 2.19. The Labute approximate surface area is 68.5 Å². The molecule has 3 heteroatoms. The van der Waals surface area contributed by atoms with E-state index in [-0.39, 0.29) is 0 Å². The van der Waals surface area contributed by atoms with Crippen molar-refractivity contribution in [2.45, 2.75) is 25.5 Å². The highest BCUT2D eigenvalue weighted by Crippen LogP contribution is 2.07. The van der Waals surface area contributed by atoms with Gasteiger partial charge in [0.2, 0.25) is 0 Å². The molecule has 1 aliphatic heterocycles. The van der Waals surface area contributed by atoms with E-state index >= 15 is 0 Å². The number of hydrogen-bond acceptors (Lipinski definition) is 3. The van der Waals surface area contributed by atoms with Crippen LogP contribution in [0, 0.1) is 0 Å². The number of nitrogens with two attached hydrogens (primary N) is 1. The van der Waals surface area contributed by atoms with Crippen LogP contribution >= 0.6 is 0 Å². The molecule has 1 fully saturated rings. The summed E-state index contributed by atoms with van der Waals surface area (Å²) < 4.78 is 5.16. The normalized spacial score (nSPS) is 29.2. The van der Waals surface area contributed by atoms with Crippen molar-refractivity contribution in [2.75, 3.05) is 26.7 Å². The molecule has 0 aliphatic carbocycles. The molecule has 0 spiro atoms. The minimum Gasteiger partial charge on any atom is -0.380 e. The van der Waals surface area contributed by atoms with E-state index in [0.29, 0.717) is 12.1 Å². The number of ether oxygens (including phenoxy) is 1. The highest BCUT2D eigenvalue weighted by atomic mass is 16.5. The third-order valence-corrected chi connectivity index (χ3v) is 2.23. The van der Waals surface area contributed by atoms with Crippen LogP contribution in [-0.2, 0) is 4.74 Å². The number of rotatable bonds is 3. The fourth-order valence-electron chi connectivity index (χ4n) is 1.47. The topological polar surface area (TPSA) is 38.5 Å². The Morgan fingerprint density at radius 2 is 2.45 bits per heavy atom. The third kappa shape index (κ3) is 2.77. The summed E-state index contributed by atoms with van der Waals surface area (Å²) in [5.74, 6) is 0. The molecule has 11 heavy (non-hydrogen) atoms. The van der Waals surface area contributed by atoms with Crippen molar-refractivity contribution < 1.29 is 4.74 Å². The van der Waals surface area contributed by atoms with Gasteiger partial charge in [-0.3, -0.25) is 4.90 Å². The smallest absolute Gasteiger partial charge is 0.0670 e. The van der Waals surface area contributed by atoms with Crippen molar-refractivity contribution in [3.8, 4) is 0 Å². The first-order valence-electron chi connectivity index (χ1n) is 4.23. The lowest BCUT2D eigenvalue weighted by molar-refractivity contribution is 0.0848. The van der Waals surface area contributed by atoms with Gasteiger partial charge in [0.05, 0.1) is 6.10 Å². The maximum Gasteiger partial charge on any atom is 0.0670 e. The molecule has 2 atom stereocenters. The van der Waals surface area contributed by atoms with Gasteiger partial charge in [-0.2, -0.15) is 0 Å². The lowest BCUT2D eigenvalue weighted by Gasteiger charge is -2.18. The van der Waals surface area contributed by atoms with Crippen molar-refractivity contribution in [3.05, 3.63) is 0 Å². The van der Waals surface area contributed by atoms with Crippen LogP contribution in [0.15, 0.2) is 0 Å². The molecule has 2 N–H and O–H groups in total. The van der Waals surface area contributed by atoms with Gasteiger partial charge in [0.25, 0.3) is 0 Å². The first-order chi connectivity index (χ1) is 5.22. The summed E-state index contributed by atoms with van der Waals surface area (Å²) >= 11 is 0. The van der Waals surface area contributed by atoms with Crippen LogP contribution in [-0.4, -0.2) is 43.8 Å². The van der Waals surface area contributed by atoms with Crippen LogP contribution in [0.25, 0.3) is 0 Å². The minimum absolute atomic E-state index is 0.334. The van der Waals surface area contributed by atoms with Crippen molar-refractivity contribution in [1.82, 2.24) is 4.90 Å². The summed E-state index contributed by atoms with van der Waals surface area (Å²) in [4.78, 5) is 2.36. The Balaban J connectivity index is 2.17. The van der Waals surface area contributed by atoms with Gasteiger partial charge in [-0.05, 0) is 19.9 Å². The van der Waals surface area contributed by atoms with Gasteiger partial charge in [0, 0.05) is 26.2 Å². The van der Waals surface area contributed by atoms with Crippen molar-refractivity contribution in [1.29, 1.82) is 0 Å². The quantitative estimate of drug-likeness (QED) is 0.631. The van der Waals surface area contributed by atoms with E-state index in [0.717, 1.165) is 26.1 Å². The largest absolute Gasteiger partial charge is 0.380 e. The van der Waals surface area contributed by atoms with Crippen molar-refractivity contribution >= 4 is 0 Å². The van der Waals surface area contributed by atoms with Crippen LogP contribution in [0.1, 0.15) is 13.3 Å². The van der Waals surface area contributed by atoms with E-state index in [1.54, 1.807) is 7.11 Å². The monoisotopic (exact) mass is 158 g/mol. The first kappa shape index (κ1) is 8.97. The maximum absolute atomic E-state index is 5.76. The van der Waals surface area contributed by atoms with E-state index in [9.17, 15) is 0 Å². The second kappa shape index (κ2) is 4.04. The molecule has 1 saturated heterocycles. The zero-order valence-electron chi connectivity index (χ0n) is 7.42. The summed E-state index contributed by atoms with van der Waals surface area (Å²) in [6.07, 6.45) is 1.47. The maximum atomic E-state index is 5.76. The third-order valence-electron chi connectivity index (χ3n) is 2.23. The summed E-state index contributed by atoms with van der Waals surface area (Å²) in [5.41, 5.74) is 5.76. The zero-order chi connectivity index (χ0) is 8.27. The summed E-state index contributed by atoms with van der Waals surface area (Å²) in [6.45, 7) is 5.27. The van der Waals surface area contributed by atoms with Crippen molar-refractivity contribution in [3.63, 3.8) is 0 Å². The van der Waals surface area contributed by atoms with Crippen LogP contribution in [0.5, 0.6) is 0 Å². The molecule has 0 aromatic heterocycles. The molecule has 0 radical (unpaired) electrons. The summed E-state index contributed by atoms with van der Waals surface area (Å²) in [7, 11) is 1.75. The van der Waals surface area contributed by atoms with Gasteiger partial charge in [0.1, 0.15) is 0 Å². The lowest BCUT2D eigenvalue weighted by atomic mass is 10.3. The molecule has 3 nitrogen and oxygen atoms in total. The summed E-state index contributed by atoms with van der Waals surface area (Å²) in [6, 6.07) is 0.388. The van der Waals surface area contributed by atoms with Crippen LogP contribution in [0.2, 0.25) is 0 Å². The molecular formula is C8H18N2O. The van der Waals surface area contributed by atoms with E-state index in [1.165, 1.54) is 0 Å². The van der Waals surface area contributed by atoms with Gasteiger partial charge >= 0.3 is 0 Å². The van der Waals surface area contributed by atoms with Gasteiger partial charge in [-0.25, -0.2) is 0 Å². The Morgan fingerprint density at radius 1 is 1.73 bits per heavy atom. The van der Waals surface area contributed by atoms with Gasteiger partial charge in [-0.1, -0.05) is 0 Å². The van der Waals surface area contributed by atoms with Crippen molar-refractivity contribution in [2.24, 2.45) is 5.73 Å². The van der Waals surface area contributed by atoms with Crippen LogP contribution in [0.4, 0.5) is 0 Å². The molecule has 0 saturated carbocycles. The molecular weight excluding hydrogens is 140 g/mol. The van der Waals surface area contributed by atoms with Crippen LogP contribution in [0.3, 0.4) is 0 Å². The number of nitrogens with zero attached hydrogens (tertiary/aromatic N) is 1. The first-order valence-corrected chi connectivity index (χ1v) is 4.23. The molecule has 1 rings (SSSR count). The number of methoxy groups -OCH3 is 1. The van der Waals surface area contributed by atoms with E-state index < -0.39 is 0 Å². The molecule has 0 amide bonds. The Hall–Kier alpha value is -0.120. The number of hydrogen-bond donors (Lipinski definition) is 1. The van der Waals surface area contributed by atoms with E-state index in [2.05, 4.69) is 11.8 Å². The van der Waals surface area contributed by atoms with E-state index in [4.69, 9.17) is 10.5 Å².